The summed E-state index contributed by atoms with van der Waals surface area (Å²) in [6.07, 6.45) is 0. The summed E-state index contributed by atoms with van der Waals surface area (Å²) in [4.78, 5) is 26.2. The molecule has 0 saturated heterocycles. The molecule has 2 aromatic carbocycles. The third kappa shape index (κ3) is 4.46. The monoisotopic (exact) mass is 421 g/mol. The van der Waals surface area contributed by atoms with E-state index < -0.39 is 33.7 Å². The van der Waals surface area contributed by atoms with Gasteiger partial charge in [-0.25, -0.2) is 17.1 Å². The first-order valence-corrected chi connectivity index (χ1v) is 10.2. The predicted octanol–water partition coefficient (Wildman–Crippen LogP) is 1.99. The average Bonchev–Trinajstić information content (AvgIpc) is 2.62. The lowest BCUT2D eigenvalue weighted by molar-refractivity contribution is -0.122. The number of nitrogens with zero attached hydrogens (tertiary/aromatic N) is 2. The molecule has 7 nitrogen and oxygen atoms in total. The smallest absolute Gasteiger partial charge is 0.254 e. The molecule has 1 atom stereocenters. The number of hydrogen-bond acceptors (Lipinski definition) is 4. The van der Waals surface area contributed by atoms with E-state index in [-0.39, 0.29) is 16.0 Å². The number of hydrogen-bond donors (Lipinski definition) is 1. The zero-order chi connectivity index (χ0) is 22.1. The summed E-state index contributed by atoms with van der Waals surface area (Å²) in [6, 6.07) is 6.86. The lowest BCUT2D eigenvalue weighted by Gasteiger charge is -2.27. The fourth-order valence-corrected chi connectivity index (χ4v) is 4.21. The van der Waals surface area contributed by atoms with Crippen molar-refractivity contribution in [1.82, 2.24) is 9.21 Å². The van der Waals surface area contributed by atoms with E-state index in [2.05, 4.69) is 0 Å². The van der Waals surface area contributed by atoms with Gasteiger partial charge in [0, 0.05) is 26.7 Å². The number of nitrogens with two attached hydrogens (primary N) is 1. The lowest BCUT2D eigenvalue weighted by Crippen LogP contribution is -2.39. The van der Waals surface area contributed by atoms with Crippen LogP contribution in [0.2, 0.25) is 0 Å². The van der Waals surface area contributed by atoms with Crippen LogP contribution >= 0.6 is 0 Å². The number of carbonyl (C=O) groups excluding carboxylic acids is 2. The molecule has 2 N–H and O–H groups in total. The van der Waals surface area contributed by atoms with Crippen molar-refractivity contribution in [2.45, 2.75) is 24.8 Å². The van der Waals surface area contributed by atoms with Crippen LogP contribution in [0.15, 0.2) is 41.3 Å². The SMILES string of the molecule is Cc1cc(C(=O)N(C)C(C(N)=O)c2cccc(F)c2)cc(S(=O)(=O)N(C)C)c1C. The van der Waals surface area contributed by atoms with Crippen LogP contribution in [0, 0.1) is 19.7 Å². The Morgan fingerprint density at radius 2 is 1.69 bits per heavy atom. The minimum atomic E-state index is -3.78. The van der Waals surface area contributed by atoms with Gasteiger partial charge in [-0.05, 0) is 54.8 Å². The number of benzene rings is 2. The highest BCUT2D eigenvalue weighted by Crippen LogP contribution is 2.26. The number of primary amides is 1. The number of carbonyl (C=O) groups is 2. The number of rotatable bonds is 6. The summed E-state index contributed by atoms with van der Waals surface area (Å²) in [5.41, 5.74) is 6.90. The first-order valence-electron chi connectivity index (χ1n) is 8.73. The van der Waals surface area contributed by atoms with Crippen LogP contribution in [0.25, 0.3) is 0 Å². The molecule has 0 aliphatic carbocycles. The van der Waals surface area contributed by atoms with E-state index in [9.17, 15) is 22.4 Å². The molecule has 156 valence electrons. The Bertz CT molecular complexity index is 1070. The highest BCUT2D eigenvalue weighted by Gasteiger charge is 2.30. The summed E-state index contributed by atoms with van der Waals surface area (Å²) in [7, 11) is 0.376. The van der Waals surface area contributed by atoms with Gasteiger partial charge in [0.25, 0.3) is 5.91 Å². The van der Waals surface area contributed by atoms with Gasteiger partial charge in [0.15, 0.2) is 0 Å². The summed E-state index contributed by atoms with van der Waals surface area (Å²) in [5.74, 6) is -2.02. The number of halogens is 1. The van der Waals surface area contributed by atoms with Gasteiger partial charge in [0.1, 0.15) is 11.9 Å². The maximum Gasteiger partial charge on any atom is 0.254 e. The second-order valence-electron chi connectivity index (χ2n) is 6.98. The molecule has 0 aliphatic heterocycles. The Morgan fingerprint density at radius 3 is 2.21 bits per heavy atom. The van der Waals surface area contributed by atoms with Crippen LogP contribution in [0.5, 0.6) is 0 Å². The largest absolute Gasteiger partial charge is 0.368 e. The molecule has 29 heavy (non-hydrogen) atoms. The molecular formula is C20H24FN3O4S. The molecule has 0 spiro atoms. The molecule has 1 unspecified atom stereocenters. The minimum absolute atomic E-state index is 0.000584. The van der Waals surface area contributed by atoms with Gasteiger partial charge >= 0.3 is 0 Å². The van der Waals surface area contributed by atoms with E-state index in [1.165, 1.54) is 45.4 Å². The van der Waals surface area contributed by atoms with Gasteiger partial charge in [0.2, 0.25) is 15.9 Å². The van der Waals surface area contributed by atoms with E-state index in [0.717, 1.165) is 15.3 Å². The first kappa shape index (κ1) is 22.5. The molecule has 0 bridgehead atoms. The molecule has 2 aromatic rings. The minimum Gasteiger partial charge on any atom is -0.368 e. The molecule has 0 aromatic heterocycles. The molecule has 0 heterocycles. The Labute approximate surface area is 170 Å². The lowest BCUT2D eigenvalue weighted by atomic mass is 10.0. The van der Waals surface area contributed by atoms with Crippen molar-refractivity contribution in [2.75, 3.05) is 21.1 Å². The van der Waals surface area contributed by atoms with Crippen LogP contribution in [0.4, 0.5) is 4.39 Å². The van der Waals surface area contributed by atoms with Crippen molar-refractivity contribution < 1.29 is 22.4 Å². The second kappa shape index (κ2) is 8.30. The van der Waals surface area contributed by atoms with Crippen molar-refractivity contribution in [3.05, 3.63) is 64.5 Å². The average molecular weight is 421 g/mol. The topological polar surface area (TPSA) is 101 Å². The summed E-state index contributed by atoms with van der Waals surface area (Å²) >= 11 is 0. The van der Waals surface area contributed by atoms with E-state index in [4.69, 9.17) is 5.73 Å². The Kier molecular flexibility index (Phi) is 6.44. The zero-order valence-electron chi connectivity index (χ0n) is 16.9. The molecule has 0 radical (unpaired) electrons. The number of likely N-dealkylation sites (N-methyl/N-ethyl adjacent to an activating group) is 1. The van der Waals surface area contributed by atoms with Gasteiger partial charge in [-0.15, -0.1) is 0 Å². The Hall–Kier alpha value is -2.78. The van der Waals surface area contributed by atoms with E-state index >= 15 is 0 Å². The third-order valence-electron chi connectivity index (χ3n) is 4.77. The van der Waals surface area contributed by atoms with Gasteiger partial charge in [-0.2, -0.15) is 0 Å². The highest BCUT2D eigenvalue weighted by atomic mass is 32.2. The van der Waals surface area contributed by atoms with Crippen molar-refractivity contribution in [3.8, 4) is 0 Å². The van der Waals surface area contributed by atoms with Crippen LogP contribution in [-0.4, -0.2) is 50.6 Å². The quantitative estimate of drug-likeness (QED) is 0.771. The van der Waals surface area contributed by atoms with E-state index in [0.29, 0.717) is 11.1 Å². The van der Waals surface area contributed by atoms with Crippen molar-refractivity contribution in [2.24, 2.45) is 5.73 Å². The van der Waals surface area contributed by atoms with Crippen LogP contribution in [-0.2, 0) is 14.8 Å². The molecule has 9 heteroatoms. The van der Waals surface area contributed by atoms with Crippen molar-refractivity contribution >= 4 is 21.8 Å². The standard InChI is InChI=1S/C20H24FN3O4S/c1-12-9-15(11-17(13(12)2)29(27,28)23(3)4)20(26)24(5)18(19(22)25)14-7-6-8-16(21)10-14/h6-11,18H,1-5H3,(H2,22,25). The predicted molar refractivity (Wildman–Crippen MR) is 107 cm³/mol. The molecule has 0 saturated carbocycles. The first-order chi connectivity index (χ1) is 13.4. The fourth-order valence-electron chi connectivity index (χ4n) is 2.99. The highest BCUT2D eigenvalue weighted by molar-refractivity contribution is 7.89. The van der Waals surface area contributed by atoms with Gasteiger partial charge < -0.3 is 10.6 Å². The Balaban J connectivity index is 2.55. The maximum atomic E-state index is 13.6. The molecule has 2 rings (SSSR count). The van der Waals surface area contributed by atoms with Crippen LogP contribution < -0.4 is 5.73 Å². The summed E-state index contributed by atoms with van der Waals surface area (Å²) < 4.78 is 39.9. The van der Waals surface area contributed by atoms with Crippen LogP contribution in [0.1, 0.15) is 33.1 Å². The summed E-state index contributed by atoms with van der Waals surface area (Å²) in [5, 5.41) is 0. The number of amides is 2. The maximum absolute atomic E-state index is 13.6. The van der Waals surface area contributed by atoms with Crippen molar-refractivity contribution in [1.29, 1.82) is 0 Å². The van der Waals surface area contributed by atoms with Crippen LogP contribution in [0.3, 0.4) is 0 Å². The summed E-state index contributed by atoms with van der Waals surface area (Å²) in [6.45, 7) is 3.35. The van der Waals surface area contributed by atoms with E-state index in [1.807, 2.05) is 0 Å². The third-order valence-corrected chi connectivity index (χ3v) is 6.71. The molecule has 0 aliphatic rings. The van der Waals surface area contributed by atoms with Gasteiger partial charge in [-0.1, -0.05) is 12.1 Å². The molecular weight excluding hydrogens is 397 g/mol. The molecule has 0 fully saturated rings. The molecule has 2 amide bonds. The zero-order valence-corrected chi connectivity index (χ0v) is 17.7. The number of sulfonamides is 1. The number of aryl methyl sites for hydroxylation is 1. The Morgan fingerprint density at radius 1 is 1.07 bits per heavy atom. The van der Waals surface area contributed by atoms with Crippen molar-refractivity contribution in [3.63, 3.8) is 0 Å². The van der Waals surface area contributed by atoms with E-state index in [1.54, 1.807) is 19.9 Å². The van der Waals surface area contributed by atoms with Gasteiger partial charge in [0.05, 0.1) is 4.90 Å². The second-order valence-corrected chi connectivity index (χ2v) is 9.10. The normalized spacial score (nSPS) is 12.7. The van der Waals surface area contributed by atoms with Gasteiger partial charge in [-0.3, -0.25) is 9.59 Å². The fraction of sp³-hybridized carbons (Fsp3) is 0.300.